The lowest BCUT2D eigenvalue weighted by Gasteiger charge is -2.23. The van der Waals surface area contributed by atoms with E-state index in [0.29, 0.717) is 16.7 Å². The van der Waals surface area contributed by atoms with Crippen molar-refractivity contribution >= 4 is 32.3 Å². The van der Waals surface area contributed by atoms with Crippen LogP contribution in [0, 0.1) is 0 Å². The van der Waals surface area contributed by atoms with Gasteiger partial charge in [-0.3, -0.25) is 0 Å². The number of fused-ring (bicyclic) bond motifs is 3. The molecule has 0 aromatic heterocycles. The lowest BCUT2D eigenvalue weighted by atomic mass is 9.82. The minimum atomic E-state index is -0.965. The van der Waals surface area contributed by atoms with Crippen LogP contribution in [0.4, 0.5) is 0 Å². The van der Waals surface area contributed by atoms with Crippen molar-refractivity contribution in [3.05, 3.63) is 127 Å². The summed E-state index contributed by atoms with van der Waals surface area (Å²) in [5.74, 6) is -5.02. The van der Waals surface area contributed by atoms with Gasteiger partial charge in [0.1, 0.15) is 5.75 Å². The van der Waals surface area contributed by atoms with Gasteiger partial charge in [-0.15, -0.1) is 0 Å². The van der Waals surface area contributed by atoms with E-state index in [-0.39, 0.29) is 38.2 Å². The second-order valence-electron chi connectivity index (χ2n) is 11.9. The number of aromatic hydroxyl groups is 7. The topological polar surface area (TPSA) is 142 Å². The van der Waals surface area contributed by atoms with Crippen LogP contribution in [0.3, 0.4) is 0 Å². The van der Waals surface area contributed by atoms with Gasteiger partial charge in [-0.1, -0.05) is 121 Å². The molecule has 0 spiro atoms. The average molecular weight is 645 g/mol. The van der Waals surface area contributed by atoms with Crippen molar-refractivity contribution < 1.29 is 35.7 Å². The zero-order valence-electron chi connectivity index (χ0n) is 25.8. The summed E-state index contributed by atoms with van der Waals surface area (Å²) in [7, 11) is 0. The SMILES string of the molecule is Oc1c(O)c(O)c2c(-c3ccc(-c4ccc5ccccc5c4)cc3)c3c(O)c(-c4ccccc4)c(O)c(O)c3c(-c3ccccc3)c2c1O. The Bertz CT molecular complexity index is 2600. The Morgan fingerprint density at radius 1 is 0.245 bits per heavy atom. The molecular weight excluding hydrogens is 616 g/mol. The number of phenolic OH excluding ortho intramolecular Hbond substituents is 7. The smallest absolute Gasteiger partial charge is 0.204 e. The zero-order chi connectivity index (χ0) is 34.0. The summed E-state index contributed by atoms with van der Waals surface area (Å²) in [6.45, 7) is 0. The van der Waals surface area contributed by atoms with Crippen LogP contribution in [0.25, 0.3) is 76.8 Å². The minimum absolute atomic E-state index is 0.0400. The summed E-state index contributed by atoms with van der Waals surface area (Å²) >= 11 is 0. The van der Waals surface area contributed by atoms with E-state index in [1.54, 1.807) is 72.8 Å². The van der Waals surface area contributed by atoms with Gasteiger partial charge in [0.25, 0.3) is 0 Å². The van der Waals surface area contributed by atoms with Crippen molar-refractivity contribution in [3.8, 4) is 84.8 Å². The van der Waals surface area contributed by atoms with Crippen LogP contribution in [0.1, 0.15) is 0 Å². The number of phenols is 7. The van der Waals surface area contributed by atoms with Crippen molar-refractivity contribution in [3.63, 3.8) is 0 Å². The average Bonchev–Trinajstić information content (AvgIpc) is 3.15. The first-order chi connectivity index (χ1) is 23.8. The first kappa shape index (κ1) is 29.5. The molecule has 0 bridgehead atoms. The molecule has 0 heterocycles. The predicted octanol–water partition coefficient (Wildman–Crippen LogP) is 9.75. The lowest BCUT2D eigenvalue weighted by Crippen LogP contribution is -1.95. The fourth-order valence-electron chi connectivity index (χ4n) is 6.89. The van der Waals surface area contributed by atoms with E-state index in [1.807, 2.05) is 48.5 Å². The minimum Gasteiger partial charge on any atom is -0.506 e. The third-order valence-corrected chi connectivity index (χ3v) is 9.20. The summed E-state index contributed by atoms with van der Waals surface area (Å²) in [6.07, 6.45) is 0. The molecule has 8 rings (SSSR count). The Kier molecular flexibility index (Phi) is 6.71. The van der Waals surface area contributed by atoms with Crippen molar-refractivity contribution in [1.29, 1.82) is 0 Å². The van der Waals surface area contributed by atoms with Crippen LogP contribution in [0.5, 0.6) is 40.2 Å². The van der Waals surface area contributed by atoms with E-state index in [4.69, 9.17) is 0 Å². The molecule has 8 aromatic carbocycles. The van der Waals surface area contributed by atoms with Crippen LogP contribution in [0.15, 0.2) is 127 Å². The van der Waals surface area contributed by atoms with Crippen molar-refractivity contribution in [2.75, 3.05) is 0 Å². The molecule has 7 nitrogen and oxygen atoms in total. The maximum atomic E-state index is 12.2. The van der Waals surface area contributed by atoms with Crippen LogP contribution in [-0.4, -0.2) is 35.7 Å². The van der Waals surface area contributed by atoms with Gasteiger partial charge in [-0.2, -0.15) is 0 Å². The summed E-state index contributed by atoms with van der Waals surface area (Å²) in [6, 6.07) is 38.6. The van der Waals surface area contributed by atoms with Crippen LogP contribution in [-0.2, 0) is 0 Å². The molecule has 0 aliphatic carbocycles. The Hall–Kier alpha value is -6.86. The molecule has 49 heavy (non-hydrogen) atoms. The number of hydrogen-bond donors (Lipinski definition) is 7. The van der Waals surface area contributed by atoms with Gasteiger partial charge in [0, 0.05) is 32.7 Å². The van der Waals surface area contributed by atoms with E-state index in [0.717, 1.165) is 21.9 Å². The van der Waals surface area contributed by atoms with Crippen LogP contribution < -0.4 is 0 Å². The number of hydrogen-bond acceptors (Lipinski definition) is 7. The molecule has 8 aromatic rings. The molecule has 0 saturated heterocycles. The third-order valence-electron chi connectivity index (χ3n) is 9.20. The largest absolute Gasteiger partial charge is 0.506 e. The Balaban J connectivity index is 1.54. The second-order valence-corrected chi connectivity index (χ2v) is 11.9. The lowest BCUT2D eigenvalue weighted by molar-refractivity contribution is 0.351. The third kappa shape index (κ3) is 4.44. The highest BCUT2D eigenvalue weighted by atomic mass is 16.3. The molecule has 0 unspecified atom stereocenters. The molecule has 0 atom stereocenters. The molecule has 0 amide bonds. The maximum Gasteiger partial charge on any atom is 0.204 e. The van der Waals surface area contributed by atoms with Crippen LogP contribution >= 0.6 is 0 Å². The van der Waals surface area contributed by atoms with Gasteiger partial charge >= 0.3 is 0 Å². The molecule has 238 valence electrons. The fourth-order valence-corrected chi connectivity index (χ4v) is 6.89. The molecule has 7 heteroatoms. The van der Waals surface area contributed by atoms with Gasteiger partial charge < -0.3 is 35.7 Å². The second kappa shape index (κ2) is 11.1. The van der Waals surface area contributed by atoms with Gasteiger partial charge in [-0.25, -0.2) is 0 Å². The van der Waals surface area contributed by atoms with Crippen molar-refractivity contribution in [2.24, 2.45) is 0 Å². The zero-order valence-corrected chi connectivity index (χ0v) is 25.8. The number of rotatable bonds is 4. The highest BCUT2D eigenvalue weighted by Crippen LogP contribution is 2.61. The summed E-state index contributed by atoms with van der Waals surface area (Å²) in [5.41, 5.74) is 3.32. The van der Waals surface area contributed by atoms with E-state index >= 15 is 0 Å². The highest BCUT2D eigenvalue weighted by molar-refractivity contribution is 6.29. The molecule has 0 aliphatic rings. The molecule has 0 radical (unpaired) electrons. The molecule has 7 N–H and O–H groups in total. The van der Waals surface area contributed by atoms with E-state index in [9.17, 15) is 35.7 Å². The van der Waals surface area contributed by atoms with Gasteiger partial charge in [0.15, 0.2) is 23.0 Å². The van der Waals surface area contributed by atoms with Gasteiger partial charge in [0.05, 0.1) is 5.56 Å². The van der Waals surface area contributed by atoms with E-state index < -0.39 is 40.2 Å². The molecular formula is C42H28O7. The van der Waals surface area contributed by atoms with E-state index in [2.05, 4.69) is 6.07 Å². The summed E-state index contributed by atoms with van der Waals surface area (Å²) in [4.78, 5) is 0. The first-order valence-electron chi connectivity index (χ1n) is 15.5. The van der Waals surface area contributed by atoms with Gasteiger partial charge in [0.2, 0.25) is 11.5 Å². The van der Waals surface area contributed by atoms with Crippen LogP contribution in [0.2, 0.25) is 0 Å². The summed E-state index contributed by atoms with van der Waals surface area (Å²) < 4.78 is 0. The monoisotopic (exact) mass is 644 g/mol. The maximum absolute atomic E-state index is 12.2. The Morgan fingerprint density at radius 2 is 0.633 bits per heavy atom. The Morgan fingerprint density at radius 3 is 1.18 bits per heavy atom. The number of benzene rings is 8. The Labute approximate surface area is 279 Å². The molecule has 0 saturated carbocycles. The first-order valence-corrected chi connectivity index (χ1v) is 15.5. The van der Waals surface area contributed by atoms with Crippen molar-refractivity contribution in [2.45, 2.75) is 0 Å². The highest BCUT2D eigenvalue weighted by Gasteiger charge is 2.32. The predicted molar refractivity (Wildman–Crippen MR) is 192 cm³/mol. The van der Waals surface area contributed by atoms with E-state index in [1.165, 1.54) is 0 Å². The van der Waals surface area contributed by atoms with Gasteiger partial charge in [-0.05, 0) is 44.7 Å². The molecule has 0 aliphatic heterocycles. The fraction of sp³-hybridized carbons (Fsp3) is 0. The quantitative estimate of drug-likeness (QED) is 0.0574. The summed E-state index contributed by atoms with van der Waals surface area (Å²) in [5, 5.41) is 82.1. The molecule has 0 fully saturated rings. The standard InChI is InChI=1S/C42H28O7/c43-36-31(25-12-5-2-6-13-25)37(44)38(45)33-29(24-10-3-1-4-11-24)34-35(40(47)42(49)41(48)39(34)46)30(32(33)36)26-18-15-23(16-19-26)28-20-17-22-9-7-8-14-27(22)21-28/h1-21,43-49H. The van der Waals surface area contributed by atoms with Crippen molar-refractivity contribution in [1.82, 2.24) is 0 Å². The normalized spacial score (nSPS) is 11.4.